The lowest BCUT2D eigenvalue weighted by Gasteiger charge is -1.94. The van der Waals surface area contributed by atoms with Crippen molar-refractivity contribution in [3.63, 3.8) is 0 Å². The lowest BCUT2D eigenvalue weighted by molar-refractivity contribution is 1.34. The lowest BCUT2D eigenvalue weighted by Crippen LogP contribution is -1.83. The Hall–Kier alpha value is -1.09. The fraction of sp³-hybridized carbons (Fsp3) is 0. The fourth-order valence-corrected chi connectivity index (χ4v) is 1.65. The van der Waals surface area contributed by atoms with Gasteiger partial charge in [0.1, 0.15) is 11.6 Å². The van der Waals surface area contributed by atoms with Crippen molar-refractivity contribution in [3.05, 3.63) is 27.6 Å². The van der Waals surface area contributed by atoms with Gasteiger partial charge in [0.2, 0.25) is 0 Å². The van der Waals surface area contributed by atoms with Crippen LogP contribution in [0, 0.1) is 14.9 Å². The Morgan fingerprint density at radius 3 is 3.08 bits per heavy atom. The van der Waals surface area contributed by atoms with Crippen molar-refractivity contribution in [1.29, 1.82) is 5.26 Å². The zero-order chi connectivity index (χ0) is 8.55. The molecule has 1 heterocycles. The first-order valence-electron chi connectivity index (χ1n) is 3.34. The van der Waals surface area contributed by atoms with Crippen LogP contribution >= 0.6 is 22.6 Å². The number of halogens is 1. The molecule has 0 saturated heterocycles. The lowest BCUT2D eigenvalue weighted by atomic mass is 10.2. The van der Waals surface area contributed by atoms with Crippen LogP contribution in [0.15, 0.2) is 18.5 Å². The molecule has 0 spiro atoms. The Morgan fingerprint density at radius 1 is 1.50 bits per heavy atom. The standard InChI is InChI=1S/C8H4IN3/c9-6-1-2-7-8(5(6)3-10)12-4-11-7/h1-2,4H,(H,11,12). The van der Waals surface area contributed by atoms with Gasteiger partial charge < -0.3 is 4.98 Å². The Kier molecular flexibility index (Phi) is 1.73. The Bertz CT molecular complexity index is 467. The average molecular weight is 269 g/mol. The topological polar surface area (TPSA) is 52.5 Å². The van der Waals surface area contributed by atoms with Crippen molar-refractivity contribution in [3.8, 4) is 6.07 Å². The van der Waals surface area contributed by atoms with E-state index in [1.807, 2.05) is 12.1 Å². The van der Waals surface area contributed by atoms with Crippen LogP contribution in [-0.2, 0) is 0 Å². The van der Waals surface area contributed by atoms with E-state index in [2.05, 4.69) is 38.6 Å². The third kappa shape index (κ3) is 0.975. The normalized spacial score (nSPS) is 10.0. The van der Waals surface area contributed by atoms with Gasteiger partial charge in [-0.2, -0.15) is 5.26 Å². The molecule has 1 aromatic carbocycles. The number of aromatic amines is 1. The SMILES string of the molecule is N#Cc1c(I)ccc2[nH]cnc12. The maximum atomic E-state index is 8.83. The maximum absolute atomic E-state index is 8.83. The second-order valence-corrected chi connectivity index (χ2v) is 3.50. The number of imidazole rings is 1. The molecular weight excluding hydrogens is 265 g/mol. The van der Waals surface area contributed by atoms with Gasteiger partial charge in [-0.05, 0) is 34.7 Å². The van der Waals surface area contributed by atoms with Gasteiger partial charge in [0.05, 0.1) is 17.4 Å². The van der Waals surface area contributed by atoms with Crippen molar-refractivity contribution >= 4 is 33.6 Å². The predicted molar refractivity (Wildman–Crippen MR) is 53.5 cm³/mol. The summed E-state index contributed by atoms with van der Waals surface area (Å²) in [5.74, 6) is 0. The van der Waals surface area contributed by atoms with Gasteiger partial charge in [-0.1, -0.05) is 0 Å². The number of fused-ring (bicyclic) bond motifs is 1. The average Bonchev–Trinajstić information content (AvgIpc) is 2.52. The molecule has 12 heavy (non-hydrogen) atoms. The number of nitriles is 1. The van der Waals surface area contributed by atoms with Crippen molar-refractivity contribution in [2.75, 3.05) is 0 Å². The highest BCUT2D eigenvalue weighted by molar-refractivity contribution is 14.1. The molecule has 4 heteroatoms. The second-order valence-electron chi connectivity index (χ2n) is 2.33. The first kappa shape index (κ1) is 7.55. The first-order chi connectivity index (χ1) is 5.83. The largest absolute Gasteiger partial charge is 0.345 e. The summed E-state index contributed by atoms with van der Waals surface area (Å²) in [6, 6.07) is 5.96. The van der Waals surface area contributed by atoms with E-state index < -0.39 is 0 Å². The summed E-state index contributed by atoms with van der Waals surface area (Å²) in [4.78, 5) is 7.02. The zero-order valence-corrected chi connectivity index (χ0v) is 8.16. The highest BCUT2D eigenvalue weighted by Gasteiger charge is 2.05. The minimum Gasteiger partial charge on any atom is -0.345 e. The molecule has 1 aromatic heterocycles. The predicted octanol–water partition coefficient (Wildman–Crippen LogP) is 2.04. The number of hydrogen-bond acceptors (Lipinski definition) is 2. The van der Waals surface area contributed by atoms with Crippen LogP contribution in [0.3, 0.4) is 0 Å². The zero-order valence-electron chi connectivity index (χ0n) is 6.00. The number of hydrogen-bond donors (Lipinski definition) is 1. The molecule has 3 nitrogen and oxygen atoms in total. The molecular formula is C8H4IN3. The van der Waals surface area contributed by atoms with Gasteiger partial charge in [-0.15, -0.1) is 0 Å². The molecule has 0 radical (unpaired) electrons. The first-order valence-corrected chi connectivity index (χ1v) is 4.42. The molecule has 0 bridgehead atoms. The van der Waals surface area contributed by atoms with Gasteiger partial charge in [0.15, 0.2) is 0 Å². The highest BCUT2D eigenvalue weighted by Crippen LogP contribution is 2.19. The molecule has 0 aliphatic carbocycles. The minimum absolute atomic E-state index is 0.648. The van der Waals surface area contributed by atoms with Crippen LogP contribution in [0.5, 0.6) is 0 Å². The van der Waals surface area contributed by atoms with E-state index in [0.717, 1.165) is 14.6 Å². The number of H-pyrrole nitrogens is 1. The molecule has 0 atom stereocenters. The molecule has 1 N–H and O–H groups in total. The number of aromatic nitrogens is 2. The molecule has 0 unspecified atom stereocenters. The molecule has 0 fully saturated rings. The van der Waals surface area contributed by atoms with E-state index in [0.29, 0.717) is 5.56 Å². The quantitative estimate of drug-likeness (QED) is 0.744. The third-order valence-electron chi connectivity index (χ3n) is 1.65. The molecule has 0 aliphatic heterocycles. The summed E-state index contributed by atoms with van der Waals surface area (Å²) in [5, 5.41) is 8.83. The molecule has 2 aromatic rings. The molecule has 0 amide bonds. The molecule has 0 saturated carbocycles. The van der Waals surface area contributed by atoms with Gasteiger partial charge in [0.25, 0.3) is 0 Å². The van der Waals surface area contributed by atoms with Crippen LogP contribution < -0.4 is 0 Å². The van der Waals surface area contributed by atoms with Crippen molar-refractivity contribution in [2.45, 2.75) is 0 Å². The fourth-order valence-electron chi connectivity index (χ4n) is 1.09. The van der Waals surface area contributed by atoms with E-state index in [1.165, 1.54) is 0 Å². The Balaban J connectivity index is 2.94. The monoisotopic (exact) mass is 269 g/mol. The third-order valence-corrected chi connectivity index (χ3v) is 2.55. The van der Waals surface area contributed by atoms with Crippen molar-refractivity contribution < 1.29 is 0 Å². The van der Waals surface area contributed by atoms with Crippen LogP contribution in [-0.4, -0.2) is 9.97 Å². The van der Waals surface area contributed by atoms with Crippen molar-refractivity contribution in [2.24, 2.45) is 0 Å². The van der Waals surface area contributed by atoms with E-state index in [4.69, 9.17) is 5.26 Å². The van der Waals surface area contributed by atoms with Gasteiger partial charge >= 0.3 is 0 Å². The Morgan fingerprint density at radius 2 is 2.33 bits per heavy atom. The highest BCUT2D eigenvalue weighted by atomic mass is 127. The second kappa shape index (κ2) is 2.75. The summed E-state index contributed by atoms with van der Waals surface area (Å²) in [7, 11) is 0. The van der Waals surface area contributed by atoms with E-state index >= 15 is 0 Å². The van der Waals surface area contributed by atoms with E-state index in [-0.39, 0.29) is 0 Å². The Labute approximate surface area is 82.6 Å². The molecule has 0 aliphatic rings. The van der Waals surface area contributed by atoms with Crippen LogP contribution in [0.25, 0.3) is 11.0 Å². The van der Waals surface area contributed by atoms with Gasteiger partial charge in [-0.25, -0.2) is 4.98 Å². The smallest absolute Gasteiger partial charge is 0.107 e. The van der Waals surface area contributed by atoms with Crippen LogP contribution in [0.2, 0.25) is 0 Å². The van der Waals surface area contributed by atoms with Crippen LogP contribution in [0.4, 0.5) is 0 Å². The molecule has 2 rings (SSSR count). The van der Waals surface area contributed by atoms with Crippen molar-refractivity contribution in [1.82, 2.24) is 9.97 Å². The minimum atomic E-state index is 0.648. The number of benzene rings is 1. The number of nitrogens with one attached hydrogen (secondary N) is 1. The summed E-state index contributed by atoms with van der Waals surface area (Å²) < 4.78 is 0.940. The van der Waals surface area contributed by atoms with Gasteiger partial charge in [0, 0.05) is 3.57 Å². The maximum Gasteiger partial charge on any atom is 0.107 e. The number of rotatable bonds is 0. The van der Waals surface area contributed by atoms with Gasteiger partial charge in [-0.3, -0.25) is 0 Å². The molecule has 58 valence electrons. The summed E-state index contributed by atoms with van der Waals surface area (Å²) in [6.07, 6.45) is 1.60. The summed E-state index contributed by atoms with van der Waals surface area (Å²) in [5.41, 5.74) is 2.31. The van der Waals surface area contributed by atoms with E-state index in [9.17, 15) is 0 Å². The summed E-state index contributed by atoms with van der Waals surface area (Å²) >= 11 is 2.13. The summed E-state index contributed by atoms with van der Waals surface area (Å²) in [6.45, 7) is 0. The van der Waals surface area contributed by atoms with E-state index in [1.54, 1.807) is 6.33 Å². The number of nitrogens with zero attached hydrogens (tertiary/aromatic N) is 2. The van der Waals surface area contributed by atoms with Crippen LogP contribution in [0.1, 0.15) is 5.56 Å².